The van der Waals surface area contributed by atoms with Crippen LogP contribution in [0.3, 0.4) is 0 Å². The Labute approximate surface area is 136 Å². The topological polar surface area (TPSA) is 62.9 Å². The zero-order valence-electron chi connectivity index (χ0n) is 15.2. The zero-order chi connectivity index (χ0) is 17.0. The van der Waals surface area contributed by atoms with Gasteiger partial charge in [-0.25, -0.2) is 0 Å². The molecule has 0 amide bonds. The highest BCUT2D eigenvalue weighted by Crippen LogP contribution is 2.36. The van der Waals surface area contributed by atoms with Gasteiger partial charge in [0.15, 0.2) is 0 Å². The van der Waals surface area contributed by atoms with Crippen LogP contribution < -0.4 is 5.32 Å². The van der Waals surface area contributed by atoms with Gasteiger partial charge in [-0.3, -0.25) is 0 Å². The Balaban J connectivity index is 2.46. The maximum absolute atomic E-state index is 12.3. The highest BCUT2D eigenvalue weighted by Gasteiger charge is 2.46. The third-order valence-electron chi connectivity index (χ3n) is 4.62. The van der Waals surface area contributed by atoms with E-state index in [1.807, 2.05) is 27.7 Å². The summed E-state index contributed by atoms with van der Waals surface area (Å²) in [6.45, 7) is 8.96. The van der Waals surface area contributed by atoms with Crippen LogP contribution in [0.5, 0.6) is 0 Å². The molecule has 22 heavy (non-hydrogen) atoms. The van der Waals surface area contributed by atoms with E-state index in [1.165, 1.54) is 5.06 Å². The summed E-state index contributed by atoms with van der Waals surface area (Å²) in [6.07, 6.45) is 2.66. The van der Waals surface area contributed by atoms with Crippen LogP contribution >= 0.6 is 0 Å². The van der Waals surface area contributed by atoms with Gasteiger partial charge in [0, 0.05) is 44.5 Å². The molecule has 0 unspecified atom stereocenters. The lowest BCUT2D eigenvalue weighted by Gasteiger charge is -2.50. The minimum absolute atomic E-state index is 0.330. The number of nitrogens with one attached hydrogen (secondary N) is 1. The van der Waals surface area contributed by atoms with Gasteiger partial charge in [-0.15, -0.1) is 10.3 Å². The lowest BCUT2D eigenvalue weighted by Crippen LogP contribution is -2.61. The van der Waals surface area contributed by atoms with Gasteiger partial charge in [-0.2, -0.15) is 0 Å². The number of piperidine rings is 1. The summed E-state index contributed by atoms with van der Waals surface area (Å²) in [7, 11) is 2.45. The first-order chi connectivity index (χ1) is 10.1. The van der Waals surface area contributed by atoms with Gasteiger partial charge in [-0.05, 0) is 53.5 Å². The Kier molecular flexibility index (Phi) is 7.01. The van der Waals surface area contributed by atoms with Gasteiger partial charge in [0.2, 0.25) is 0 Å². The van der Waals surface area contributed by atoms with E-state index in [1.54, 1.807) is 21.3 Å². The van der Waals surface area contributed by atoms with Crippen molar-refractivity contribution in [2.75, 3.05) is 27.9 Å². The van der Waals surface area contributed by atoms with E-state index in [9.17, 15) is 5.21 Å². The van der Waals surface area contributed by atoms with Crippen molar-refractivity contribution >= 4 is 8.80 Å². The van der Waals surface area contributed by atoms with Crippen LogP contribution in [0, 0.1) is 0 Å². The van der Waals surface area contributed by atoms with E-state index in [0.29, 0.717) is 6.04 Å². The van der Waals surface area contributed by atoms with Gasteiger partial charge in [0.05, 0.1) is 0 Å². The first kappa shape index (κ1) is 20.0. The summed E-state index contributed by atoms with van der Waals surface area (Å²) in [5.41, 5.74) is -0.660. The van der Waals surface area contributed by atoms with E-state index in [2.05, 4.69) is 5.32 Å². The number of hydrogen-bond acceptors (Lipinski definition) is 5. The smallest absolute Gasteiger partial charge is 0.377 e. The molecule has 7 heteroatoms. The molecule has 0 aromatic carbocycles. The first-order valence-electron chi connectivity index (χ1n) is 7.99. The maximum Gasteiger partial charge on any atom is 0.500 e. The second-order valence-electron chi connectivity index (χ2n) is 7.38. The van der Waals surface area contributed by atoms with Crippen LogP contribution in [0.25, 0.3) is 0 Å². The van der Waals surface area contributed by atoms with Crippen molar-refractivity contribution < 1.29 is 18.5 Å². The van der Waals surface area contributed by atoms with E-state index in [4.69, 9.17) is 13.3 Å². The first-order valence-corrected chi connectivity index (χ1v) is 9.92. The molecular formula is C15H33N2O4Si. The summed E-state index contributed by atoms with van der Waals surface area (Å²) in [5, 5.41) is 17.2. The molecule has 1 N–H and O–H groups in total. The highest BCUT2D eigenvalue weighted by molar-refractivity contribution is 6.60. The Bertz CT molecular complexity index is 322. The molecular weight excluding hydrogens is 300 g/mol. The Hall–Kier alpha value is -0.0231. The molecule has 1 saturated heterocycles. The Morgan fingerprint density at radius 3 is 1.91 bits per heavy atom. The SMILES string of the molecule is CO[Si](CCCNC1CC(C)(C)N([O])C(C)(C)C1)(OC)OC. The minimum Gasteiger partial charge on any atom is -0.377 e. The van der Waals surface area contributed by atoms with E-state index < -0.39 is 8.80 Å². The van der Waals surface area contributed by atoms with E-state index in [0.717, 1.165) is 31.9 Å². The summed E-state index contributed by atoms with van der Waals surface area (Å²) in [6, 6.07) is 1.15. The molecule has 1 rings (SSSR count). The number of hydroxylamine groups is 2. The molecule has 0 aromatic rings. The van der Waals surface area contributed by atoms with Crippen LogP contribution in [0.15, 0.2) is 0 Å². The van der Waals surface area contributed by atoms with Crippen LogP contribution in [0.2, 0.25) is 6.04 Å². The van der Waals surface area contributed by atoms with Crippen molar-refractivity contribution in [3.8, 4) is 0 Å². The van der Waals surface area contributed by atoms with Crippen LogP contribution in [0.1, 0.15) is 47.0 Å². The predicted octanol–water partition coefficient (Wildman–Crippen LogP) is 2.21. The Morgan fingerprint density at radius 1 is 1.05 bits per heavy atom. The number of nitrogens with zero attached hydrogens (tertiary/aromatic N) is 1. The summed E-state index contributed by atoms with van der Waals surface area (Å²) in [4.78, 5) is 0. The van der Waals surface area contributed by atoms with Crippen LogP contribution in [0.4, 0.5) is 0 Å². The molecule has 0 atom stereocenters. The number of rotatable bonds is 8. The predicted molar refractivity (Wildman–Crippen MR) is 87.9 cm³/mol. The van der Waals surface area contributed by atoms with E-state index >= 15 is 0 Å². The molecule has 131 valence electrons. The highest BCUT2D eigenvalue weighted by atomic mass is 28.4. The fraction of sp³-hybridized carbons (Fsp3) is 1.00. The molecule has 1 fully saturated rings. The molecule has 6 nitrogen and oxygen atoms in total. The average molecular weight is 334 g/mol. The van der Waals surface area contributed by atoms with Crippen molar-refractivity contribution in [1.29, 1.82) is 0 Å². The van der Waals surface area contributed by atoms with Crippen molar-refractivity contribution in [2.45, 2.75) is 70.1 Å². The van der Waals surface area contributed by atoms with E-state index in [-0.39, 0.29) is 11.1 Å². The number of hydrogen-bond donors (Lipinski definition) is 1. The van der Waals surface area contributed by atoms with Crippen molar-refractivity contribution in [3.63, 3.8) is 0 Å². The average Bonchev–Trinajstić information content (AvgIpc) is 2.45. The molecule has 0 bridgehead atoms. The zero-order valence-corrected chi connectivity index (χ0v) is 16.2. The monoisotopic (exact) mass is 333 g/mol. The van der Waals surface area contributed by atoms with Crippen LogP contribution in [-0.2, 0) is 18.5 Å². The third kappa shape index (κ3) is 4.74. The normalized spacial score (nSPS) is 22.9. The largest absolute Gasteiger partial charge is 0.500 e. The lowest BCUT2D eigenvalue weighted by atomic mass is 9.79. The molecule has 1 heterocycles. The lowest BCUT2D eigenvalue weighted by molar-refractivity contribution is -0.290. The summed E-state index contributed by atoms with van der Waals surface area (Å²) >= 11 is 0. The van der Waals surface area contributed by atoms with Crippen molar-refractivity contribution in [2.24, 2.45) is 0 Å². The fourth-order valence-corrected chi connectivity index (χ4v) is 5.30. The van der Waals surface area contributed by atoms with Gasteiger partial charge in [0.25, 0.3) is 0 Å². The summed E-state index contributed by atoms with van der Waals surface area (Å²) < 4.78 is 16.3. The van der Waals surface area contributed by atoms with Gasteiger partial charge < -0.3 is 18.6 Å². The second-order valence-corrected chi connectivity index (χ2v) is 10.5. The molecule has 0 saturated carbocycles. The molecule has 0 aliphatic carbocycles. The maximum atomic E-state index is 12.3. The van der Waals surface area contributed by atoms with Crippen molar-refractivity contribution in [1.82, 2.24) is 10.4 Å². The molecule has 0 aromatic heterocycles. The van der Waals surface area contributed by atoms with Crippen LogP contribution in [-0.4, -0.2) is 58.9 Å². The molecule has 1 aliphatic heterocycles. The third-order valence-corrected chi connectivity index (χ3v) is 7.45. The molecule has 1 radical (unpaired) electrons. The quantitative estimate of drug-likeness (QED) is 0.545. The standard InChI is InChI=1S/C15H33N2O4Si/c1-14(2)11-13(12-15(3,4)17(14)18)16-9-8-10-22(19-5,20-6)21-7/h13,16H,8-12H2,1-7H3. The van der Waals surface area contributed by atoms with Gasteiger partial charge >= 0.3 is 8.80 Å². The minimum atomic E-state index is -2.47. The fourth-order valence-electron chi connectivity index (χ4n) is 3.57. The Morgan fingerprint density at radius 2 is 1.50 bits per heavy atom. The van der Waals surface area contributed by atoms with Gasteiger partial charge in [-0.1, -0.05) is 0 Å². The molecule has 1 aliphatic rings. The second kappa shape index (κ2) is 7.70. The van der Waals surface area contributed by atoms with Crippen molar-refractivity contribution in [3.05, 3.63) is 0 Å². The van der Waals surface area contributed by atoms with Gasteiger partial charge in [0.1, 0.15) is 0 Å². The molecule has 0 spiro atoms. The summed E-state index contributed by atoms with van der Waals surface area (Å²) in [5.74, 6) is 0.